The summed E-state index contributed by atoms with van der Waals surface area (Å²) < 4.78 is 2.31. The van der Waals surface area contributed by atoms with Crippen LogP contribution in [0.5, 0.6) is 0 Å². The van der Waals surface area contributed by atoms with E-state index < -0.39 is 5.41 Å². The summed E-state index contributed by atoms with van der Waals surface area (Å²) in [5.41, 5.74) is 13.9. The summed E-state index contributed by atoms with van der Waals surface area (Å²) in [6.07, 6.45) is 9.07. The molecule has 0 bridgehead atoms. The van der Waals surface area contributed by atoms with Gasteiger partial charge in [-0.15, -0.1) is 6.58 Å². The molecule has 46 heavy (non-hydrogen) atoms. The number of rotatable bonds is 9. The third-order valence-corrected chi connectivity index (χ3v) is 9.40. The molecule has 0 N–H and O–H groups in total. The first-order valence-corrected chi connectivity index (χ1v) is 16.0. The zero-order chi connectivity index (χ0) is 31.7. The number of aromatic nitrogens is 1. The van der Waals surface area contributed by atoms with Crippen LogP contribution in [0.2, 0.25) is 0 Å². The average molecular weight is 595 g/mol. The second kappa shape index (κ2) is 12.1. The molecule has 1 heterocycles. The highest BCUT2D eigenvalue weighted by Crippen LogP contribution is 2.54. The van der Waals surface area contributed by atoms with Crippen molar-refractivity contribution in [3.8, 4) is 27.9 Å². The summed E-state index contributed by atoms with van der Waals surface area (Å²) in [6.45, 7) is 13.1. The fourth-order valence-corrected chi connectivity index (χ4v) is 7.41. The highest BCUT2D eigenvalue weighted by Gasteiger charge is 2.47. The fraction of sp³-hybridized carbons (Fsp3) is 0.114. The maximum Gasteiger partial charge on any atom is 0.0839 e. The Labute approximate surface area is 272 Å². The van der Waals surface area contributed by atoms with Crippen molar-refractivity contribution in [3.63, 3.8) is 0 Å². The number of para-hydroxylation sites is 1. The van der Waals surface area contributed by atoms with Crippen molar-refractivity contribution in [2.75, 3.05) is 6.54 Å². The molecule has 1 atom stereocenters. The molecule has 224 valence electrons. The van der Waals surface area contributed by atoms with Crippen molar-refractivity contribution in [3.05, 3.63) is 175 Å². The number of aliphatic imine (C=N–C) groups is 1. The van der Waals surface area contributed by atoms with E-state index in [1.54, 1.807) is 0 Å². The standard InChI is InChI=1S/C44H38N2/c1-5-8-28-45-31(4)44(34-18-11-9-12-19-34)40-23-16-15-22-36(40)37-26-24-33(30-41(37)44)32-25-27-43-39(29-32)38(17-6-2)42(7-3)46(43)35-20-13-10-14-21-35/h5-7,9-27,29-30H,1,3,8,28H2,2,4H3/b17-6-,45-31?. The second-order valence-corrected chi connectivity index (χ2v) is 11.9. The number of benzene rings is 5. The van der Waals surface area contributed by atoms with E-state index in [2.05, 4.69) is 165 Å². The molecule has 5 aromatic carbocycles. The topological polar surface area (TPSA) is 17.3 Å². The summed E-state index contributed by atoms with van der Waals surface area (Å²) in [5, 5.41) is 1.20. The van der Waals surface area contributed by atoms with Gasteiger partial charge in [0, 0.05) is 28.9 Å². The molecule has 1 aliphatic carbocycles. The smallest absolute Gasteiger partial charge is 0.0839 e. The van der Waals surface area contributed by atoms with Crippen LogP contribution in [0.1, 0.15) is 48.2 Å². The third-order valence-electron chi connectivity index (χ3n) is 9.40. The number of hydrogen-bond donors (Lipinski definition) is 0. The highest BCUT2D eigenvalue weighted by molar-refractivity contribution is 6.07. The van der Waals surface area contributed by atoms with Crippen LogP contribution in [-0.2, 0) is 5.41 Å². The van der Waals surface area contributed by atoms with Crippen LogP contribution in [-0.4, -0.2) is 16.8 Å². The van der Waals surface area contributed by atoms with Crippen LogP contribution in [0.3, 0.4) is 0 Å². The molecule has 7 rings (SSSR count). The first-order valence-electron chi connectivity index (χ1n) is 16.0. The van der Waals surface area contributed by atoms with E-state index in [0.717, 1.165) is 35.6 Å². The maximum atomic E-state index is 5.19. The molecule has 0 saturated heterocycles. The van der Waals surface area contributed by atoms with Crippen LogP contribution >= 0.6 is 0 Å². The van der Waals surface area contributed by atoms with Crippen LogP contribution in [0.25, 0.3) is 51.0 Å². The van der Waals surface area contributed by atoms with Crippen molar-refractivity contribution < 1.29 is 0 Å². The van der Waals surface area contributed by atoms with Crippen molar-refractivity contribution >= 4 is 28.8 Å². The Morgan fingerprint density at radius 3 is 2.17 bits per heavy atom. The lowest BCUT2D eigenvalue weighted by Crippen LogP contribution is -2.35. The van der Waals surface area contributed by atoms with Crippen molar-refractivity contribution in [2.45, 2.75) is 25.7 Å². The van der Waals surface area contributed by atoms with Gasteiger partial charge in [0.05, 0.1) is 16.6 Å². The first-order chi connectivity index (χ1) is 22.6. The minimum Gasteiger partial charge on any atom is -0.309 e. The highest BCUT2D eigenvalue weighted by atomic mass is 15.0. The van der Waals surface area contributed by atoms with Crippen LogP contribution in [0.4, 0.5) is 0 Å². The van der Waals surface area contributed by atoms with Crippen LogP contribution in [0, 0.1) is 0 Å². The van der Waals surface area contributed by atoms with Gasteiger partial charge in [0.25, 0.3) is 0 Å². The van der Waals surface area contributed by atoms with E-state index in [1.807, 2.05) is 12.2 Å². The Bertz CT molecular complexity index is 2140. The van der Waals surface area contributed by atoms with Gasteiger partial charge in [0.15, 0.2) is 0 Å². The summed E-state index contributed by atoms with van der Waals surface area (Å²) in [7, 11) is 0. The fourth-order valence-electron chi connectivity index (χ4n) is 7.41. The Hall–Kier alpha value is -5.47. The molecule has 1 aliphatic rings. The Morgan fingerprint density at radius 1 is 0.761 bits per heavy atom. The van der Waals surface area contributed by atoms with E-state index in [9.17, 15) is 0 Å². The van der Waals surface area contributed by atoms with E-state index in [1.165, 1.54) is 49.9 Å². The van der Waals surface area contributed by atoms with Gasteiger partial charge < -0.3 is 4.57 Å². The third kappa shape index (κ3) is 4.52. The zero-order valence-electron chi connectivity index (χ0n) is 26.6. The molecule has 0 radical (unpaired) electrons. The van der Waals surface area contributed by atoms with Gasteiger partial charge in [-0.1, -0.05) is 116 Å². The molecule has 0 aliphatic heterocycles. The van der Waals surface area contributed by atoms with Gasteiger partial charge in [-0.3, -0.25) is 4.99 Å². The summed E-state index contributed by atoms with van der Waals surface area (Å²) in [5.74, 6) is 0. The maximum absolute atomic E-state index is 5.19. The lowest BCUT2D eigenvalue weighted by molar-refractivity contribution is 0.834. The molecule has 6 aromatic rings. The quantitative estimate of drug-likeness (QED) is 0.0900. The number of allylic oxidation sites excluding steroid dienone is 1. The molecule has 0 amide bonds. The van der Waals surface area contributed by atoms with Gasteiger partial charge >= 0.3 is 0 Å². The number of nitrogens with zero attached hydrogens (tertiary/aromatic N) is 2. The van der Waals surface area contributed by atoms with E-state index in [-0.39, 0.29) is 0 Å². The van der Waals surface area contributed by atoms with Gasteiger partial charge in [-0.2, -0.15) is 0 Å². The predicted molar refractivity (Wildman–Crippen MR) is 198 cm³/mol. The van der Waals surface area contributed by atoms with Gasteiger partial charge in [-0.05, 0) is 95.6 Å². The summed E-state index contributed by atoms with van der Waals surface area (Å²) in [6, 6.07) is 44.1. The molecule has 2 nitrogen and oxygen atoms in total. The zero-order valence-corrected chi connectivity index (χ0v) is 26.6. The second-order valence-electron chi connectivity index (χ2n) is 11.9. The normalized spacial score (nSPS) is 15.7. The summed E-state index contributed by atoms with van der Waals surface area (Å²) in [4.78, 5) is 5.19. The van der Waals surface area contributed by atoms with Crippen LogP contribution in [0.15, 0.2) is 152 Å². The molecular weight excluding hydrogens is 556 g/mol. The van der Waals surface area contributed by atoms with Crippen LogP contribution < -0.4 is 0 Å². The molecule has 2 heteroatoms. The Morgan fingerprint density at radius 2 is 1.43 bits per heavy atom. The first kappa shape index (κ1) is 29.3. The Kier molecular flexibility index (Phi) is 7.72. The largest absolute Gasteiger partial charge is 0.309 e. The predicted octanol–water partition coefficient (Wildman–Crippen LogP) is 11.3. The molecule has 0 saturated carbocycles. The lowest BCUT2D eigenvalue weighted by atomic mass is 9.69. The molecule has 1 unspecified atom stereocenters. The van der Waals surface area contributed by atoms with Gasteiger partial charge in [-0.25, -0.2) is 0 Å². The molecule has 1 aromatic heterocycles. The van der Waals surface area contributed by atoms with Crippen molar-refractivity contribution in [2.24, 2.45) is 4.99 Å². The molecule has 0 fully saturated rings. The summed E-state index contributed by atoms with van der Waals surface area (Å²) >= 11 is 0. The minimum absolute atomic E-state index is 0.489. The van der Waals surface area contributed by atoms with E-state index >= 15 is 0 Å². The van der Waals surface area contributed by atoms with Crippen molar-refractivity contribution in [1.29, 1.82) is 0 Å². The van der Waals surface area contributed by atoms with Gasteiger partial charge in [0.2, 0.25) is 0 Å². The Balaban J connectivity index is 1.48. The van der Waals surface area contributed by atoms with Gasteiger partial charge in [0.1, 0.15) is 0 Å². The number of fused-ring (bicyclic) bond motifs is 4. The number of hydrogen-bond acceptors (Lipinski definition) is 1. The van der Waals surface area contributed by atoms with Crippen molar-refractivity contribution in [1.82, 2.24) is 4.57 Å². The lowest BCUT2D eigenvalue weighted by Gasteiger charge is -2.33. The van der Waals surface area contributed by atoms with E-state index in [4.69, 9.17) is 4.99 Å². The SMILES string of the molecule is C=CCCN=C(C)C1(c2ccccc2)c2ccccc2-c2ccc(-c3ccc4c(c3)c(/C=C\C)c(C=C)n4-c3ccccc3)cc21. The minimum atomic E-state index is -0.489. The molecular formula is C44H38N2. The van der Waals surface area contributed by atoms with E-state index in [0.29, 0.717) is 0 Å². The monoisotopic (exact) mass is 594 g/mol. The average Bonchev–Trinajstić information content (AvgIpc) is 3.58. The molecule has 0 spiro atoms.